The van der Waals surface area contributed by atoms with Gasteiger partial charge in [-0.15, -0.1) is 0 Å². The van der Waals surface area contributed by atoms with Gasteiger partial charge in [0.15, 0.2) is 0 Å². The average molecular weight is 329 g/mol. The molecule has 130 valence electrons. The number of benzene rings is 1. The first-order valence-corrected chi connectivity index (χ1v) is 8.42. The zero-order valence-corrected chi connectivity index (χ0v) is 14.6. The van der Waals surface area contributed by atoms with E-state index in [0.29, 0.717) is 18.0 Å². The fourth-order valence-electron chi connectivity index (χ4n) is 2.48. The molecule has 1 fully saturated rings. The number of allylic oxidation sites excluding steroid dienone is 3. The predicted octanol–water partition coefficient (Wildman–Crippen LogP) is 2.38. The number of nitrogens with zero attached hydrogens (tertiary/aromatic N) is 2. The monoisotopic (exact) mass is 329 g/mol. The Labute approximate surface area is 144 Å². The number of piperazine rings is 1. The quantitative estimate of drug-likeness (QED) is 0.616. The van der Waals surface area contributed by atoms with Crippen LogP contribution in [0.5, 0.6) is 5.75 Å². The Hall–Kier alpha value is -2.11. The van der Waals surface area contributed by atoms with Gasteiger partial charge < -0.3 is 15.0 Å². The molecule has 1 aliphatic heterocycles. The van der Waals surface area contributed by atoms with Gasteiger partial charge in [-0.2, -0.15) is 0 Å². The van der Waals surface area contributed by atoms with Crippen LogP contribution in [-0.4, -0.2) is 62.1 Å². The molecule has 1 aromatic carbocycles. The molecule has 24 heavy (non-hydrogen) atoms. The summed E-state index contributed by atoms with van der Waals surface area (Å²) in [5.41, 5.74) is 0.700. The summed E-state index contributed by atoms with van der Waals surface area (Å²) in [7, 11) is 2.15. The number of likely N-dealkylation sites (N-methyl/N-ethyl adjacent to an activating group) is 1. The molecule has 0 radical (unpaired) electrons. The fourth-order valence-corrected chi connectivity index (χ4v) is 2.48. The second-order valence-electron chi connectivity index (χ2n) is 5.86. The summed E-state index contributed by atoms with van der Waals surface area (Å²) in [5.74, 6) is 0.544. The molecule has 1 aromatic rings. The largest absolute Gasteiger partial charge is 0.490 e. The molecular formula is C19H27N3O2. The maximum Gasteiger partial charge on any atom is 0.248 e. The number of hydrogen-bond donors (Lipinski definition) is 1. The van der Waals surface area contributed by atoms with Crippen LogP contribution in [0.1, 0.15) is 6.92 Å². The van der Waals surface area contributed by atoms with E-state index in [9.17, 15) is 4.79 Å². The van der Waals surface area contributed by atoms with Gasteiger partial charge in [-0.1, -0.05) is 30.4 Å². The topological polar surface area (TPSA) is 44.8 Å². The summed E-state index contributed by atoms with van der Waals surface area (Å²) < 4.78 is 5.89. The van der Waals surface area contributed by atoms with Crippen molar-refractivity contribution in [2.24, 2.45) is 0 Å². The second-order valence-corrected chi connectivity index (χ2v) is 5.86. The molecule has 2 rings (SSSR count). The second kappa shape index (κ2) is 9.90. The SMILES string of the molecule is C/C=C/C=C/C(=O)Nc1ccccc1OCCN1CCN(C)CC1. The van der Waals surface area contributed by atoms with Crippen molar-refractivity contribution in [3.8, 4) is 5.75 Å². The van der Waals surface area contributed by atoms with Gasteiger partial charge in [0.1, 0.15) is 12.4 Å². The average Bonchev–Trinajstić information content (AvgIpc) is 2.58. The third kappa shape index (κ3) is 6.18. The predicted molar refractivity (Wildman–Crippen MR) is 98.5 cm³/mol. The minimum absolute atomic E-state index is 0.164. The molecule has 0 bridgehead atoms. The Morgan fingerprint density at radius 2 is 1.96 bits per heavy atom. The van der Waals surface area contributed by atoms with Gasteiger partial charge in [-0.25, -0.2) is 0 Å². The van der Waals surface area contributed by atoms with E-state index in [-0.39, 0.29) is 5.91 Å². The van der Waals surface area contributed by atoms with Crippen LogP contribution in [-0.2, 0) is 4.79 Å². The van der Waals surface area contributed by atoms with Crippen molar-refractivity contribution in [2.45, 2.75) is 6.92 Å². The zero-order valence-electron chi connectivity index (χ0n) is 14.6. The highest BCUT2D eigenvalue weighted by Crippen LogP contribution is 2.23. The van der Waals surface area contributed by atoms with Crippen molar-refractivity contribution in [3.05, 3.63) is 48.6 Å². The van der Waals surface area contributed by atoms with E-state index in [1.54, 1.807) is 6.08 Å². The van der Waals surface area contributed by atoms with Crippen molar-refractivity contribution in [3.63, 3.8) is 0 Å². The van der Waals surface area contributed by atoms with E-state index in [1.807, 2.05) is 43.3 Å². The highest BCUT2D eigenvalue weighted by Gasteiger charge is 2.13. The first kappa shape index (κ1) is 18.2. The Balaban J connectivity index is 1.83. The Kier molecular flexibility index (Phi) is 7.52. The number of amides is 1. The molecule has 1 amide bonds. The van der Waals surface area contributed by atoms with Crippen LogP contribution in [0.4, 0.5) is 5.69 Å². The number of nitrogens with one attached hydrogen (secondary N) is 1. The number of rotatable bonds is 7. The van der Waals surface area contributed by atoms with Gasteiger partial charge in [-0.3, -0.25) is 9.69 Å². The summed E-state index contributed by atoms with van der Waals surface area (Å²) >= 11 is 0. The van der Waals surface area contributed by atoms with Crippen molar-refractivity contribution in [1.29, 1.82) is 0 Å². The van der Waals surface area contributed by atoms with E-state index in [1.165, 1.54) is 6.08 Å². The molecule has 0 saturated carbocycles. The molecule has 1 saturated heterocycles. The minimum atomic E-state index is -0.164. The smallest absolute Gasteiger partial charge is 0.248 e. The molecule has 0 spiro atoms. The summed E-state index contributed by atoms with van der Waals surface area (Å²) in [5, 5.41) is 2.86. The van der Waals surface area contributed by atoms with Crippen LogP contribution >= 0.6 is 0 Å². The standard InChI is InChI=1S/C19H27N3O2/c1-3-4-5-10-19(23)20-17-8-6-7-9-18(17)24-16-15-22-13-11-21(2)12-14-22/h3-10H,11-16H2,1-2H3,(H,20,23)/b4-3+,10-5+. The number of hydrogen-bond acceptors (Lipinski definition) is 4. The molecule has 0 unspecified atom stereocenters. The van der Waals surface area contributed by atoms with E-state index in [0.717, 1.165) is 32.7 Å². The lowest BCUT2D eigenvalue weighted by atomic mass is 10.3. The van der Waals surface area contributed by atoms with Gasteiger partial charge in [0.25, 0.3) is 0 Å². The Morgan fingerprint density at radius 3 is 2.71 bits per heavy atom. The molecule has 5 heteroatoms. The summed E-state index contributed by atoms with van der Waals surface area (Å²) in [4.78, 5) is 16.6. The Bertz CT molecular complexity index is 576. The fraction of sp³-hybridized carbons (Fsp3) is 0.421. The molecule has 1 heterocycles. The highest BCUT2D eigenvalue weighted by molar-refractivity contribution is 6.00. The molecule has 1 aliphatic rings. The van der Waals surface area contributed by atoms with Crippen LogP contribution < -0.4 is 10.1 Å². The van der Waals surface area contributed by atoms with E-state index in [4.69, 9.17) is 4.74 Å². The third-order valence-corrected chi connectivity index (χ3v) is 3.96. The molecule has 5 nitrogen and oxygen atoms in total. The van der Waals surface area contributed by atoms with Crippen LogP contribution in [0, 0.1) is 0 Å². The van der Waals surface area contributed by atoms with Crippen molar-refractivity contribution in [2.75, 3.05) is 51.7 Å². The number of ether oxygens (including phenoxy) is 1. The maximum absolute atomic E-state index is 11.9. The Morgan fingerprint density at radius 1 is 1.21 bits per heavy atom. The summed E-state index contributed by atoms with van der Waals surface area (Å²) in [6.45, 7) is 7.78. The van der Waals surface area contributed by atoms with Gasteiger partial charge in [0.2, 0.25) is 5.91 Å². The zero-order chi connectivity index (χ0) is 17.2. The van der Waals surface area contributed by atoms with Gasteiger partial charge >= 0.3 is 0 Å². The van der Waals surface area contributed by atoms with E-state index < -0.39 is 0 Å². The number of para-hydroxylation sites is 2. The summed E-state index contributed by atoms with van der Waals surface area (Å²) in [6, 6.07) is 7.54. The maximum atomic E-state index is 11.9. The van der Waals surface area contributed by atoms with Crippen LogP contribution in [0.3, 0.4) is 0 Å². The van der Waals surface area contributed by atoms with Crippen molar-refractivity contribution in [1.82, 2.24) is 9.80 Å². The lowest BCUT2D eigenvalue weighted by molar-refractivity contribution is -0.111. The molecule has 0 atom stereocenters. The number of anilines is 1. The molecular weight excluding hydrogens is 302 g/mol. The number of carbonyl (C=O) groups is 1. The third-order valence-electron chi connectivity index (χ3n) is 3.96. The molecule has 1 N–H and O–H groups in total. The highest BCUT2D eigenvalue weighted by atomic mass is 16.5. The number of carbonyl (C=O) groups excluding carboxylic acids is 1. The minimum Gasteiger partial charge on any atom is -0.490 e. The van der Waals surface area contributed by atoms with E-state index in [2.05, 4.69) is 22.2 Å². The molecule has 0 aliphatic carbocycles. The van der Waals surface area contributed by atoms with Crippen LogP contribution in [0.15, 0.2) is 48.6 Å². The molecule has 0 aromatic heterocycles. The van der Waals surface area contributed by atoms with Gasteiger partial charge in [-0.05, 0) is 26.1 Å². The lowest BCUT2D eigenvalue weighted by Crippen LogP contribution is -2.45. The van der Waals surface area contributed by atoms with Gasteiger partial charge in [0.05, 0.1) is 5.69 Å². The van der Waals surface area contributed by atoms with Crippen LogP contribution in [0.25, 0.3) is 0 Å². The van der Waals surface area contributed by atoms with Crippen molar-refractivity contribution >= 4 is 11.6 Å². The first-order valence-electron chi connectivity index (χ1n) is 8.42. The lowest BCUT2D eigenvalue weighted by Gasteiger charge is -2.32. The van der Waals surface area contributed by atoms with E-state index >= 15 is 0 Å². The van der Waals surface area contributed by atoms with Crippen molar-refractivity contribution < 1.29 is 9.53 Å². The first-order chi connectivity index (χ1) is 11.7. The normalized spacial score (nSPS) is 16.8. The summed E-state index contributed by atoms with van der Waals surface area (Å²) in [6.07, 6.45) is 6.91. The van der Waals surface area contributed by atoms with Crippen LogP contribution in [0.2, 0.25) is 0 Å². The van der Waals surface area contributed by atoms with Gasteiger partial charge in [0, 0.05) is 38.8 Å².